The molecule has 2 rings (SSSR count). The summed E-state index contributed by atoms with van der Waals surface area (Å²) in [4.78, 5) is 13.6. The number of carbonyl (C=O) groups excluding carboxylic acids is 1. The molecule has 1 heterocycles. The van der Waals surface area contributed by atoms with Crippen LogP contribution in [0.1, 0.15) is 32.8 Å². The van der Waals surface area contributed by atoms with Gasteiger partial charge in [0.05, 0.1) is 5.41 Å². The first-order chi connectivity index (χ1) is 9.83. The highest BCUT2D eigenvalue weighted by molar-refractivity contribution is 5.82. The Morgan fingerprint density at radius 2 is 2.24 bits per heavy atom. The zero-order valence-electron chi connectivity index (χ0n) is 12.9. The Morgan fingerprint density at radius 1 is 1.52 bits per heavy atom. The second-order valence-electron chi connectivity index (χ2n) is 6.37. The van der Waals surface area contributed by atoms with Crippen molar-refractivity contribution in [2.75, 3.05) is 18.0 Å². The number of hydrogen-bond donors (Lipinski definition) is 2. The lowest BCUT2D eigenvalue weighted by molar-refractivity contribution is -0.125. The number of primary amides is 1. The summed E-state index contributed by atoms with van der Waals surface area (Å²) < 4.78 is 14.1. The molecule has 1 saturated heterocycles. The zero-order chi connectivity index (χ0) is 15.6. The van der Waals surface area contributed by atoms with Crippen molar-refractivity contribution < 1.29 is 9.18 Å². The van der Waals surface area contributed by atoms with Gasteiger partial charge < -0.3 is 16.0 Å². The number of nitrogens with two attached hydrogens (primary N) is 1. The molecule has 0 radical (unpaired) electrons. The molecule has 4 nitrogen and oxygen atoms in total. The van der Waals surface area contributed by atoms with Crippen molar-refractivity contribution in [1.82, 2.24) is 5.32 Å². The first-order valence-corrected chi connectivity index (χ1v) is 7.39. The second kappa shape index (κ2) is 6.02. The summed E-state index contributed by atoms with van der Waals surface area (Å²) in [5.41, 5.74) is 6.46. The van der Waals surface area contributed by atoms with Crippen LogP contribution in [0.15, 0.2) is 18.2 Å². The minimum absolute atomic E-state index is 0.215. The van der Waals surface area contributed by atoms with Crippen LogP contribution in [0, 0.1) is 11.2 Å². The minimum Gasteiger partial charge on any atom is -0.370 e. The number of halogens is 1. The predicted molar refractivity (Wildman–Crippen MR) is 82.5 cm³/mol. The van der Waals surface area contributed by atoms with E-state index in [1.165, 1.54) is 6.07 Å². The van der Waals surface area contributed by atoms with E-state index in [2.05, 4.69) is 10.2 Å². The van der Waals surface area contributed by atoms with Crippen LogP contribution in [0.5, 0.6) is 0 Å². The van der Waals surface area contributed by atoms with Crippen LogP contribution in [0.2, 0.25) is 0 Å². The van der Waals surface area contributed by atoms with Crippen LogP contribution in [0.4, 0.5) is 10.1 Å². The third-order valence-electron chi connectivity index (χ3n) is 4.19. The Morgan fingerprint density at radius 3 is 2.81 bits per heavy atom. The lowest BCUT2D eigenvalue weighted by atomic mass is 9.89. The van der Waals surface area contributed by atoms with Crippen molar-refractivity contribution in [2.45, 2.75) is 39.8 Å². The van der Waals surface area contributed by atoms with Gasteiger partial charge in [-0.25, -0.2) is 4.39 Å². The quantitative estimate of drug-likeness (QED) is 0.873. The molecule has 0 saturated carbocycles. The Labute approximate surface area is 125 Å². The zero-order valence-corrected chi connectivity index (χ0v) is 12.9. The highest BCUT2D eigenvalue weighted by Crippen LogP contribution is 2.35. The Bertz CT molecular complexity index is 532. The molecule has 0 spiro atoms. The van der Waals surface area contributed by atoms with Gasteiger partial charge in [-0.1, -0.05) is 19.9 Å². The molecule has 1 atom stereocenters. The van der Waals surface area contributed by atoms with Crippen molar-refractivity contribution >= 4 is 11.6 Å². The molecular formula is C16H24FN3O. The molecule has 1 aromatic rings. The van der Waals surface area contributed by atoms with E-state index in [9.17, 15) is 9.18 Å². The summed E-state index contributed by atoms with van der Waals surface area (Å²) in [7, 11) is 0. The summed E-state index contributed by atoms with van der Waals surface area (Å²) >= 11 is 0. The highest BCUT2D eigenvalue weighted by atomic mass is 19.1. The van der Waals surface area contributed by atoms with E-state index in [1.807, 2.05) is 26.8 Å². The fourth-order valence-corrected chi connectivity index (χ4v) is 2.69. The van der Waals surface area contributed by atoms with Gasteiger partial charge in [0.15, 0.2) is 0 Å². The first-order valence-electron chi connectivity index (χ1n) is 7.39. The van der Waals surface area contributed by atoms with Gasteiger partial charge in [-0.3, -0.25) is 4.79 Å². The number of nitrogens with one attached hydrogen (secondary N) is 1. The second-order valence-corrected chi connectivity index (χ2v) is 6.37. The summed E-state index contributed by atoms with van der Waals surface area (Å²) in [6, 6.07) is 5.38. The van der Waals surface area contributed by atoms with E-state index in [4.69, 9.17) is 5.73 Å². The number of rotatable bonds is 5. The van der Waals surface area contributed by atoms with Crippen LogP contribution in [0.25, 0.3) is 0 Å². The topological polar surface area (TPSA) is 58.4 Å². The average Bonchev–Trinajstić information content (AvgIpc) is 2.81. The number of nitrogens with zero attached hydrogens (tertiary/aromatic N) is 1. The summed E-state index contributed by atoms with van der Waals surface area (Å²) in [6.45, 7) is 7.67. The van der Waals surface area contributed by atoms with Gasteiger partial charge in [-0.05, 0) is 25.5 Å². The number of amides is 1. The van der Waals surface area contributed by atoms with E-state index in [-0.39, 0.29) is 17.8 Å². The summed E-state index contributed by atoms with van der Waals surface area (Å²) in [6.07, 6.45) is 0.704. The molecule has 0 aromatic heterocycles. The fraction of sp³-hybridized carbons (Fsp3) is 0.562. The predicted octanol–water partition coefficient (Wildman–Crippen LogP) is 2.03. The summed E-state index contributed by atoms with van der Waals surface area (Å²) in [5, 5.41) is 3.25. The van der Waals surface area contributed by atoms with Crippen LogP contribution in [-0.2, 0) is 11.3 Å². The maximum Gasteiger partial charge on any atom is 0.225 e. The Hall–Kier alpha value is -1.62. The van der Waals surface area contributed by atoms with Crippen LogP contribution >= 0.6 is 0 Å². The van der Waals surface area contributed by atoms with E-state index in [0.29, 0.717) is 25.1 Å². The van der Waals surface area contributed by atoms with E-state index < -0.39 is 5.41 Å². The van der Waals surface area contributed by atoms with E-state index in [0.717, 1.165) is 12.2 Å². The van der Waals surface area contributed by atoms with Gasteiger partial charge in [-0.15, -0.1) is 0 Å². The van der Waals surface area contributed by atoms with Crippen LogP contribution < -0.4 is 16.0 Å². The third-order valence-corrected chi connectivity index (χ3v) is 4.19. The Balaban J connectivity index is 2.24. The molecule has 5 heteroatoms. The van der Waals surface area contributed by atoms with Crippen LogP contribution in [-0.4, -0.2) is 25.0 Å². The molecule has 116 valence electrons. The van der Waals surface area contributed by atoms with Crippen LogP contribution in [0.3, 0.4) is 0 Å². The Kier molecular flexibility index (Phi) is 4.52. The van der Waals surface area contributed by atoms with Crippen molar-refractivity contribution in [3.8, 4) is 0 Å². The third kappa shape index (κ3) is 3.35. The molecule has 1 unspecified atom stereocenters. The molecule has 1 aliphatic heterocycles. The first kappa shape index (κ1) is 15.8. The molecule has 1 aromatic carbocycles. The highest BCUT2D eigenvalue weighted by Gasteiger charge is 2.39. The standard InChI is InChI=1S/C16H24FN3O/c1-11(2)19-9-12-13(17)5-4-6-14(12)20-8-7-16(3,10-20)15(18)21/h4-6,11,19H,7-10H2,1-3H3,(H2,18,21). The molecule has 3 N–H and O–H groups in total. The number of hydrogen-bond acceptors (Lipinski definition) is 3. The SMILES string of the molecule is CC(C)NCc1c(F)cccc1N1CCC(C)(C(N)=O)C1. The molecule has 0 bridgehead atoms. The van der Waals surface area contributed by atoms with Gasteiger partial charge in [0, 0.05) is 36.9 Å². The van der Waals surface area contributed by atoms with Gasteiger partial charge in [-0.2, -0.15) is 0 Å². The average molecular weight is 293 g/mol. The minimum atomic E-state index is -0.533. The van der Waals surface area contributed by atoms with Gasteiger partial charge in [0.25, 0.3) is 0 Å². The number of carbonyl (C=O) groups is 1. The van der Waals surface area contributed by atoms with Crippen molar-refractivity contribution in [3.63, 3.8) is 0 Å². The summed E-state index contributed by atoms with van der Waals surface area (Å²) in [5.74, 6) is -0.503. The monoisotopic (exact) mass is 293 g/mol. The molecule has 1 aliphatic rings. The smallest absolute Gasteiger partial charge is 0.225 e. The van der Waals surface area contributed by atoms with E-state index >= 15 is 0 Å². The fourth-order valence-electron chi connectivity index (χ4n) is 2.69. The van der Waals surface area contributed by atoms with Crippen molar-refractivity contribution in [1.29, 1.82) is 0 Å². The maximum atomic E-state index is 14.1. The molecule has 0 aliphatic carbocycles. The number of anilines is 1. The van der Waals surface area contributed by atoms with Gasteiger partial charge in [0.2, 0.25) is 5.91 Å². The van der Waals surface area contributed by atoms with E-state index in [1.54, 1.807) is 6.07 Å². The van der Waals surface area contributed by atoms with Gasteiger partial charge in [0.1, 0.15) is 5.82 Å². The maximum absolute atomic E-state index is 14.1. The molecular weight excluding hydrogens is 269 g/mol. The van der Waals surface area contributed by atoms with Gasteiger partial charge >= 0.3 is 0 Å². The number of benzene rings is 1. The lowest BCUT2D eigenvalue weighted by Crippen LogP contribution is -2.37. The lowest BCUT2D eigenvalue weighted by Gasteiger charge is -2.25. The van der Waals surface area contributed by atoms with Crippen molar-refractivity contribution in [3.05, 3.63) is 29.6 Å². The normalized spacial score (nSPS) is 22.0. The van der Waals surface area contributed by atoms with Crippen molar-refractivity contribution in [2.24, 2.45) is 11.1 Å². The molecule has 1 amide bonds. The molecule has 21 heavy (non-hydrogen) atoms. The molecule has 1 fully saturated rings. The largest absolute Gasteiger partial charge is 0.370 e.